The molecule has 2 N–H and O–H groups in total. The molecule has 232 valence electrons. The maximum atomic E-state index is 15.2. The van der Waals surface area contributed by atoms with Crippen LogP contribution in [0.25, 0.3) is 16.5 Å². The molecule has 2 heterocycles. The molecule has 2 fully saturated rings. The smallest absolute Gasteiger partial charge is 0.230 e. The van der Waals surface area contributed by atoms with Crippen molar-refractivity contribution in [2.24, 2.45) is 17.8 Å². The molecule has 2 unspecified atom stereocenters. The molecule has 6 rings (SSSR count). The Bertz CT molecular complexity index is 1740. The Labute approximate surface area is 267 Å². The summed E-state index contributed by atoms with van der Waals surface area (Å²) in [6, 6.07) is 17.4. The summed E-state index contributed by atoms with van der Waals surface area (Å²) in [5.74, 6) is 2.08. The Morgan fingerprint density at radius 2 is 1.82 bits per heavy atom. The Morgan fingerprint density at radius 1 is 1.07 bits per heavy atom. The number of likely N-dealkylation sites (tertiary alicyclic amines) is 1. The van der Waals surface area contributed by atoms with Gasteiger partial charge in [0, 0.05) is 36.5 Å². The molecular formula is C35H36FN5O3S. The highest BCUT2D eigenvalue weighted by molar-refractivity contribution is 7.80. The molecule has 2 aliphatic rings. The van der Waals surface area contributed by atoms with Gasteiger partial charge < -0.3 is 25.0 Å². The lowest BCUT2D eigenvalue weighted by atomic mass is 10.0. The largest absolute Gasteiger partial charge is 0.493 e. The number of carbonyl (C=O) groups excluding carboxylic acids is 1. The van der Waals surface area contributed by atoms with Crippen molar-refractivity contribution in [1.82, 2.24) is 20.2 Å². The number of aromatic nitrogens is 2. The van der Waals surface area contributed by atoms with Crippen LogP contribution in [0.3, 0.4) is 0 Å². The average Bonchev–Trinajstić information content (AvgIpc) is 3.54. The molecule has 10 heteroatoms. The second-order valence-electron chi connectivity index (χ2n) is 12.1. The summed E-state index contributed by atoms with van der Waals surface area (Å²) >= 11 is 5.25. The zero-order valence-corrected chi connectivity index (χ0v) is 26.2. The molecule has 1 amide bonds. The van der Waals surface area contributed by atoms with Gasteiger partial charge in [0.15, 0.2) is 16.7 Å². The predicted molar refractivity (Wildman–Crippen MR) is 178 cm³/mol. The van der Waals surface area contributed by atoms with Gasteiger partial charge in [-0.05, 0) is 86.1 Å². The first-order valence-electron chi connectivity index (χ1n) is 15.1. The standard InChI is InChI=1S/C35H36FN5O3S/c1-21(2)27-15-28-30(16-32(27)43-19-23-11-24-17-41(3)18-25(24)12-23)37-20-38-34(28)44-31-10-9-26(14-29(31)36)39-35(45)40-33(42)13-22-7-5-4-6-8-22/h4-10,14-16,20,23-25H,1,11-13,17-19H2,2-3H3,(H2,39,40,42,45). The third-order valence-corrected chi connectivity index (χ3v) is 8.73. The van der Waals surface area contributed by atoms with E-state index < -0.39 is 5.82 Å². The van der Waals surface area contributed by atoms with E-state index in [1.807, 2.05) is 49.4 Å². The van der Waals surface area contributed by atoms with Crippen LogP contribution >= 0.6 is 12.2 Å². The first kappa shape index (κ1) is 30.6. The van der Waals surface area contributed by atoms with Crippen molar-refractivity contribution in [3.63, 3.8) is 0 Å². The van der Waals surface area contributed by atoms with Crippen molar-refractivity contribution in [3.8, 4) is 17.4 Å². The molecule has 1 saturated heterocycles. The summed E-state index contributed by atoms with van der Waals surface area (Å²) in [4.78, 5) is 23.5. The van der Waals surface area contributed by atoms with Crippen molar-refractivity contribution >= 4 is 45.4 Å². The molecule has 3 aromatic carbocycles. The van der Waals surface area contributed by atoms with Crippen molar-refractivity contribution in [1.29, 1.82) is 0 Å². The lowest BCUT2D eigenvalue weighted by Gasteiger charge is -2.18. The summed E-state index contributed by atoms with van der Waals surface area (Å²) in [5, 5.41) is 6.15. The quantitative estimate of drug-likeness (QED) is 0.201. The van der Waals surface area contributed by atoms with Crippen LogP contribution in [0.5, 0.6) is 17.4 Å². The first-order chi connectivity index (χ1) is 21.7. The van der Waals surface area contributed by atoms with E-state index in [4.69, 9.17) is 21.7 Å². The van der Waals surface area contributed by atoms with E-state index in [9.17, 15) is 4.79 Å². The molecule has 0 radical (unpaired) electrons. The van der Waals surface area contributed by atoms with Crippen LogP contribution in [0.15, 0.2) is 73.6 Å². The van der Waals surface area contributed by atoms with Crippen LogP contribution in [0.2, 0.25) is 0 Å². The number of rotatable bonds is 9. The number of anilines is 1. The molecule has 0 spiro atoms. The van der Waals surface area contributed by atoms with Crippen LogP contribution in [0.4, 0.5) is 10.1 Å². The molecule has 1 aliphatic heterocycles. The molecule has 4 aromatic rings. The average molecular weight is 626 g/mol. The van der Waals surface area contributed by atoms with Gasteiger partial charge in [-0.25, -0.2) is 14.4 Å². The lowest BCUT2D eigenvalue weighted by molar-refractivity contribution is -0.119. The number of allylic oxidation sites excluding steroid dienone is 1. The number of fused-ring (bicyclic) bond motifs is 2. The van der Waals surface area contributed by atoms with Crippen LogP contribution in [-0.4, -0.2) is 52.6 Å². The summed E-state index contributed by atoms with van der Waals surface area (Å²) < 4.78 is 27.5. The number of ether oxygens (including phenoxy) is 2. The number of benzene rings is 3. The number of nitrogens with zero attached hydrogens (tertiary/aromatic N) is 3. The van der Waals surface area contributed by atoms with Gasteiger partial charge in [-0.15, -0.1) is 0 Å². The highest BCUT2D eigenvalue weighted by Crippen LogP contribution is 2.42. The number of amides is 1. The van der Waals surface area contributed by atoms with Crippen LogP contribution in [0, 0.1) is 23.6 Å². The minimum absolute atomic E-state index is 0.0193. The first-order valence-corrected chi connectivity index (χ1v) is 15.5. The van der Waals surface area contributed by atoms with E-state index in [1.165, 1.54) is 44.4 Å². The molecule has 1 aliphatic carbocycles. The van der Waals surface area contributed by atoms with Crippen molar-refractivity contribution < 1.29 is 18.7 Å². The predicted octanol–water partition coefficient (Wildman–Crippen LogP) is 6.62. The van der Waals surface area contributed by atoms with Crippen molar-refractivity contribution in [2.45, 2.75) is 26.2 Å². The molecule has 2 atom stereocenters. The summed E-state index contributed by atoms with van der Waals surface area (Å²) in [5.41, 5.74) is 3.52. The maximum Gasteiger partial charge on any atom is 0.230 e. The zero-order chi connectivity index (χ0) is 31.5. The van der Waals surface area contributed by atoms with Crippen molar-refractivity contribution in [2.75, 3.05) is 32.1 Å². The van der Waals surface area contributed by atoms with E-state index in [-0.39, 0.29) is 29.1 Å². The fourth-order valence-corrected chi connectivity index (χ4v) is 6.71. The molecule has 8 nitrogen and oxygen atoms in total. The van der Waals surface area contributed by atoms with Gasteiger partial charge in [0.25, 0.3) is 0 Å². The topological polar surface area (TPSA) is 88.6 Å². The molecule has 1 aromatic heterocycles. The van der Waals surface area contributed by atoms with E-state index in [1.54, 1.807) is 6.07 Å². The Balaban J connectivity index is 1.12. The van der Waals surface area contributed by atoms with Gasteiger partial charge in [0.1, 0.15) is 12.1 Å². The Kier molecular flexibility index (Phi) is 9.04. The number of thiocarbonyl (C=S) groups is 1. The fourth-order valence-electron chi connectivity index (χ4n) is 6.48. The number of carbonyl (C=O) groups is 1. The summed E-state index contributed by atoms with van der Waals surface area (Å²) in [7, 11) is 2.20. The van der Waals surface area contributed by atoms with Gasteiger partial charge in [0.2, 0.25) is 11.8 Å². The second kappa shape index (κ2) is 13.3. The maximum absolute atomic E-state index is 15.2. The number of hydrogen-bond donors (Lipinski definition) is 2. The molecule has 45 heavy (non-hydrogen) atoms. The molecular weight excluding hydrogens is 589 g/mol. The van der Waals surface area contributed by atoms with E-state index in [2.05, 4.69) is 39.1 Å². The molecule has 1 saturated carbocycles. The summed E-state index contributed by atoms with van der Waals surface area (Å²) in [6.45, 7) is 9.09. The second-order valence-corrected chi connectivity index (χ2v) is 12.5. The van der Waals surface area contributed by atoms with Gasteiger partial charge in [-0.1, -0.05) is 36.9 Å². The third kappa shape index (κ3) is 7.29. The number of halogens is 1. The van der Waals surface area contributed by atoms with Crippen molar-refractivity contribution in [3.05, 3.63) is 90.5 Å². The fraction of sp³-hybridized carbons (Fsp3) is 0.314. The van der Waals surface area contributed by atoms with Gasteiger partial charge >= 0.3 is 0 Å². The van der Waals surface area contributed by atoms with Gasteiger partial charge in [-0.2, -0.15) is 0 Å². The van der Waals surface area contributed by atoms with E-state index >= 15 is 4.39 Å². The monoisotopic (exact) mass is 625 g/mol. The minimum atomic E-state index is -0.627. The normalized spacial score (nSPS) is 19.2. The number of nitrogens with one attached hydrogen (secondary N) is 2. The Morgan fingerprint density at radius 3 is 2.53 bits per heavy atom. The van der Waals surface area contributed by atoms with Crippen LogP contribution < -0.4 is 20.1 Å². The highest BCUT2D eigenvalue weighted by Gasteiger charge is 2.39. The minimum Gasteiger partial charge on any atom is -0.493 e. The third-order valence-electron chi connectivity index (χ3n) is 8.52. The molecule has 0 bridgehead atoms. The van der Waals surface area contributed by atoms with Crippen LogP contribution in [-0.2, 0) is 11.2 Å². The highest BCUT2D eigenvalue weighted by atomic mass is 32.1. The van der Waals surface area contributed by atoms with Gasteiger partial charge in [-0.3, -0.25) is 4.79 Å². The zero-order valence-electron chi connectivity index (χ0n) is 25.4. The Hall–Kier alpha value is -4.41. The van der Waals surface area contributed by atoms with E-state index in [0.29, 0.717) is 29.1 Å². The summed E-state index contributed by atoms with van der Waals surface area (Å²) in [6.07, 6.45) is 3.96. The van der Waals surface area contributed by atoms with Crippen LogP contribution in [0.1, 0.15) is 30.9 Å². The lowest BCUT2D eigenvalue weighted by Crippen LogP contribution is -2.35. The SMILES string of the molecule is C=C(C)c1cc2c(Oc3ccc(NC(=S)NC(=O)Cc4ccccc4)cc3F)ncnc2cc1OCC1CC2CN(C)CC2C1. The van der Waals surface area contributed by atoms with Gasteiger partial charge in [0.05, 0.1) is 23.9 Å². The number of hydrogen-bond acceptors (Lipinski definition) is 7. The van der Waals surface area contributed by atoms with E-state index in [0.717, 1.165) is 34.3 Å².